The van der Waals surface area contributed by atoms with Crippen LogP contribution in [0.5, 0.6) is 5.75 Å². The minimum Gasteiger partial charge on any atom is -0.496 e. The van der Waals surface area contributed by atoms with E-state index < -0.39 is 0 Å². The molecule has 0 atom stereocenters. The van der Waals surface area contributed by atoms with Gasteiger partial charge < -0.3 is 15.8 Å². The summed E-state index contributed by atoms with van der Waals surface area (Å²) in [5.74, 6) is 0.592. The van der Waals surface area contributed by atoms with E-state index in [0.717, 1.165) is 23.3 Å². The van der Waals surface area contributed by atoms with Gasteiger partial charge in [0.15, 0.2) is 0 Å². The Morgan fingerprint density at radius 3 is 2.71 bits per heavy atom. The Labute approximate surface area is 102 Å². The minimum atomic E-state index is -0.336. The van der Waals surface area contributed by atoms with Crippen LogP contribution in [0, 0.1) is 13.8 Å². The number of rotatable bonds is 6. The summed E-state index contributed by atoms with van der Waals surface area (Å²) in [6.07, 6.45) is 0.818. The van der Waals surface area contributed by atoms with Gasteiger partial charge in [-0.15, -0.1) is 0 Å². The second-order valence-corrected chi connectivity index (χ2v) is 4.17. The van der Waals surface area contributed by atoms with Gasteiger partial charge >= 0.3 is 0 Å². The standard InChI is InChI=1S/C13H20N2O2/c1-9-6-10(2)13(17-3)11(7-9)4-5-15-8-12(14)16/h6-7,15H,4-5,8H2,1-3H3,(H2,14,16). The maximum absolute atomic E-state index is 10.6. The summed E-state index contributed by atoms with van der Waals surface area (Å²) in [5, 5.41) is 2.99. The summed E-state index contributed by atoms with van der Waals surface area (Å²) in [6, 6.07) is 4.21. The molecule has 4 heteroatoms. The predicted molar refractivity (Wildman–Crippen MR) is 68.2 cm³/mol. The van der Waals surface area contributed by atoms with Gasteiger partial charge in [-0.05, 0) is 37.9 Å². The lowest BCUT2D eigenvalue weighted by Crippen LogP contribution is -2.29. The highest BCUT2D eigenvalue weighted by atomic mass is 16.5. The molecule has 0 spiro atoms. The molecule has 1 aromatic rings. The summed E-state index contributed by atoms with van der Waals surface area (Å²) >= 11 is 0. The average Bonchev–Trinajstić information content (AvgIpc) is 2.23. The van der Waals surface area contributed by atoms with Gasteiger partial charge in [0.2, 0.25) is 5.91 Å². The molecule has 1 amide bonds. The van der Waals surface area contributed by atoms with Gasteiger partial charge in [0.25, 0.3) is 0 Å². The van der Waals surface area contributed by atoms with E-state index in [9.17, 15) is 4.79 Å². The summed E-state index contributed by atoms with van der Waals surface area (Å²) < 4.78 is 5.39. The van der Waals surface area contributed by atoms with Crippen LogP contribution in [0.3, 0.4) is 0 Å². The Balaban J connectivity index is 2.66. The topological polar surface area (TPSA) is 64.3 Å². The van der Waals surface area contributed by atoms with Crippen molar-refractivity contribution in [2.75, 3.05) is 20.2 Å². The molecule has 17 heavy (non-hydrogen) atoms. The van der Waals surface area contributed by atoms with Crippen LogP contribution in [-0.2, 0) is 11.2 Å². The van der Waals surface area contributed by atoms with Crippen molar-refractivity contribution in [1.29, 1.82) is 0 Å². The third kappa shape index (κ3) is 4.07. The van der Waals surface area contributed by atoms with Crippen molar-refractivity contribution < 1.29 is 9.53 Å². The first-order valence-corrected chi connectivity index (χ1v) is 5.67. The van der Waals surface area contributed by atoms with Gasteiger partial charge in [-0.1, -0.05) is 17.7 Å². The second kappa shape index (κ2) is 6.25. The van der Waals surface area contributed by atoms with Gasteiger partial charge in [-0.25, -0.2) is 0 Å². The molecule has 0 heterocycles. The fourth-order valence-electron chi connectivity index (χ4n) is 1.95. The van der Waals surface area contributed by atoms with Crippen LogP contribution in [-0.4, -0.2) is 26.1 Å². The molecule has 94 valence electrons. The third-order valence-corrected chi connectivity index (χ3v) is 2.57. The summed E-state index contributed by atoms with van der Waals surface area (Å²) in [5.41, 5.74) is 8.56. The van der Waals surface area contributed by atoms with Crippen molar-refractivity contribution >= 4 is 5.91 Å². The molecule has 1 aromatic carbocycles. The second-order valence-electron chi connectivity index (χ2n) is 4.17. The van der Waals surface area contributed by atoms with E-state index in [0.29, 0.717) is 6.54 Å². The molecule has 0 bridgehead atoms. The van der Waals surface area contributed by atoms with Crippen LogP contribution >= 0.6 is 0 Å². The van der Waals surface area contributed by atoms with E-state index in [1.54, 1.807) is 7.11 Å². The zero-order chi connectivity index (χ0) is 12.8. The lowest BCUT2D eigenvalue weighted by Gasteiger charge is -2.13. The maximum atomic E-state index is 10.6. The van der Waals surface area contributed by atoms with Crippen molar-refractivity contribution in [1.82, 2.24) is 5.32 Å². The van der Waals surface area contributed by atoms with Gasteiger partial charge in [0.05, 0.1) is 13.7 Å². The number of amides is 1. The highest BCUT2D eigenvalue weighted by molar-refractivity contribution is 5.75. The Bertz CT molecular complexity index is 403. The van der Waals surface area contributed by atoms with Crippen molar-refractivity contribution in [3.05, 3.63) is 28.8 Å². The van der Waals surface area contributed by atoms with Crippen LogP contribution in [0.25, 0.3) is 0 Å². The lowest BCUT2D eigenvalue weighted by atomic mass is 10.0. The van der Waals surface area contributed by atoms with Crippen LogP contribution in [0.4, 0.5) is 0 Å². The van der Waals surface area contributed by atoms with E-state index in [1.165, 1.54) is 5.56 Å². The fourth-order valence-corrected chi connectivity index (χ4v) is 1.95. The number of carbonyl (C=O) groups is 1. The number of hydrogen-bond donors (Lipinski definition) is 2. The summed E-state index contributed by atoms with van der Waals surface area (Å²) in [7, 11) is 1.68. The highest BCUT2D eigenvalue weighted by Gasteiger charge is 2.07. The van der Waals surface area contributed by atoms with Gasteiger partial charge in [-0.2, -0.15) is 0 Å². The Morgan fingerprint density at radius 2 is 2.12 bits per heavy atom. The number of aryl methyl sites for hydroxylation is 2. The fraction of sp³-hybridized carbons (Fsp3) is 0.462. The number of benzene rings is 1. The minimum absolute atomic E-state index is 0.215. The predicted octanol–water partition coefficient (Wildman–Crippen LogP) is 0.929. The molecular weight excluding hydrogens is 216 g/mol. The lowest BCUT2D eigenvalue weighted by molar-refractivity contribution is -0.117. The quantitative estimate of drug-likeness (QED) is 0.722. The molecule has 0 saturated carbocycles. The van der Waals surface area contributed by atoms with Crippen molar-refractivity contribution in [2.45, 2.75) is 20.3 Å². The van der Waals surface area contributed by atoms with E-state index in [1.807, 2.05) is 6.92 Å². The number of methoxy groups -OCH3 is 1. The smallest absolute Gasteiger partial charge is 0.231 e. The molecule has 0 aliphatic carbocycles. The Hall–Kier alpha value is -1.55. The van der Waals surface area contributed by atoms with E-state index in [4.69, 9.17) is 10.5 Å². The first kappa shape index (κ1) is 13.5. The van der Waals surface area contributed by atoms with E-state index >= 15 is 0 Å². The number of nitrogens with one attached hydrogen (secondary N) is 1. The largest absolute Gasteiger partial charge is 0.496 e. The number of primary amides is 1. The number of nitrogens with two attached hydrogens (primary N) is 1. The van der Waals surface area contributed by atoms with Gasteiger partial charge in [0.1, 0.15) is 5.75 Å². The van der Waals surface area contributed by atoms with Gasteiger partial charge in [-0.3, -0.25) is 4.79 Å². The SMILES string of the molecule is COc1c(C)cc(C)cc1CCNCC(N)=O. The first-order valence-electron chi connectivity index (χ1n) is 5.67. The monoisotopic (exact) mass is 236 g/mol. The normalized spacial score (nSPS) is 10.3. The molecule has 0 aliphatic rings. The number of hydrogen-bond acceptors (Lipinski definition) is 3. The highest BCUT2D eigenvalue weighted by Crippen LogP contribution is 2.25. The van der Waals surface area contributed by atoms with Crippen LogP contribution in [0.1, 0.15) is 16.7 Å². The first-order chi connectivity index (χ1) is 8.04. The molecule has 0 radical (unpaired) electrons. The zero-order valence-electron chi connectivity index (χ0n) is 10.7. The molecule has 0 fully saturated rings. The summed E-state index contributed by atoms with van der Waals surface area (Å²) in [6.45, 7) is 5.02. The van der Waals surface area contributed by atoms with Crippen LogP contribution in [0.2, 0.25) is 0 Å². The molecule has 0 aliphatic heterocycles. The van der Waals surface area contributed by atoms with Crippen LogP contribution < -0.4 is 15.8 Å². The Kier molecular flexibility index (Phi) is 4.97. The molecule has 0 saturated heterocycles. The summed E-state index contributed by atoms with van der Waals surface area (Å²) in [4.78, 5) is 10.6. The maximum Gasteiger partial charge on any atom is 0.231 e. The number of ether oxygens (including phenoxy) is 1. The van der Waals surface area contributed by atoms with Crippen molar-refractivity contribution in [3.63, 3.8) is 0 Å². The molecule has 3 N–H and O–H groups in total. The van der Waals surface area contributed by atoms with Crippen LogP contribution in [0.15, 0.2) is 12.1 Å². The molecular formula is C13H20N2O2. The van der Waals surface area contributed by atoms with Gasteiger partial charge in [0, 0.05) is 0 Å². The average molecular weight is 236 g/mol. The Morgan fingerprint density at radius 1 is 1.41 bits per heavy atom. The molecule has 0 aromatic heterocycles. The van der Waals surface area contributed by atoms with Crippen molar-refractivity contribution in [3.8, 4) is 5.75 Å². The third-order valence-electron chi connectivity index (χ3n) is 2.57. The molecule has 1 rings (SSSR count). The van der Waals surface area contributed by atoms with E-state index in [2.05, 4.69) is 24.4 Å². The molecule has 0 unspecified atom stereocenters. The number of carbonyl (C=O) groups excluding carboxylic acids is 1. The zero-order valence-corrected chi connectivity index (χ0v) is 10.7. The van der Waals surface area contributed by atoms with Crippen molar-refractivity contribution in [2.24, 2.45) is 5.73 Å². The van der Waals surface area contributed by atoms with E-state index in [-0.39, 0.29) is 12.5 Å². The molecule has 4 nitrogen and oxygen atoms in total.